The predicted octanol–water partition coefficient (Wildman–Crippen LogP) is 2.63. The quantitative estimate of drug-likeness (QED) is 0.668. The maximum atomic E-state index is 13.0. The van der Waals surface area contributed by atoms with Crippen LogP contribution in [-0.4, -0.2) is 51.6 Å². The van der Waals surface area contributed by atoms with Crippen LogP contribution in [0.1, 0.15) is 17.5 Å². The highest BCUT2D eigenvalue weighted by molar-refractivity contribution is 9.10. The smallest absolute Gasteiger partial charge is 0.207 e. The van der Waals surface area contributed by atoms with E-state index in [0.29, 0.717) is 9.37 Å². The molecule has 150 valence electrons. The van der Waals surface area contributed by atoms with Gasteiger partial charge in [-0.05, 0) is 70.6 Å². The van der Waals surface area contributed by atoms with Crippen LogP contribution in [0.2, 0.25) is 0 Å². The molecule has 1 heterocycles. The van der Waals surface area contributed by atoms with E-state index < -0.39 is 20.0 Å². The van der Waals surface area contributed by atoms with Gasteiger partial charge in [0.1, 0.15) is 0 Å². The number of nitrogens with zero attached hydrogens (tertiary/aromatic N) is 2. The number of hydrogen-bond acceptors (Lipinski definition) is 4. The first kappa shape index (κ1) is 20.0. The van der Waals surface area contributed by atoms with Gasteiger partial charge in [0.05, 0.1) is 9.79 Å². The van der Waals surface area contributed by atoms with Crippen LogP contribution in [0.3, 0.4) is 0 Å². The molecule has 1 aliphatic heterocycles. The van der Waals surface area contributed by atoms with Gasteiger partial charge >= 0.3 is 0 Å². The van der Waals surface area contributed by atoms with Gasteiger partial charge < -0.3 is 0 Å². The van der Waals surface area contributed by atoms with Gasteiger partial charge in [-0.3, -0.25) is 0 Å². The summed E-state index contributed by atoms with van der Waals surface area (Å²) >= 11 is 3.29. The Labute approximate surface area is 174 Å². The number of halogens is 1. The van der Waals surface area contributed by atoms with Crippen molar-refractivity contribution in [1.82, 2.24) is 8.61 Å². The first-order valence-electron chi connectivity index (χ1n) is 9.17. The van der Waals surface area contributed by atoms with Crippen molar-refractivity contribution >= 4 is 36.0 Å². The zero-order valence-corrected chi connectivity index (χ0v) is 18.4. The van der Waals surface area contributed by atoms with Crippen LogP contribution >= 0.6 is 15.9 Å². The van der Waals surface area contributed by atoms with Crippen molar-refractivity contribution in [3.05, 3.63) is 58.1 Å². The topological polar surface area (TPSA) is 74.8 Å². The molecule has 4 rings (SSSR count). The van der Waals surface area contributed by atoms with E-state index in [-0.39, 0.29) is 31.1 Å². The molecule has 1 aliphatic carbocycles. The summed E-state index contributed by atoms with van der Waals surface area (Å²) in [5.74, 6) is 0. The second-order valence-corrected chi connectivity index (χ2v) is 11.7. The Morgan fingerprint density at radius 2 is 1.36 bits per heavy atom. The highest BCUT2D eigenvalue weighted by atomic mass is 79.9. The van der Waals surface area contributed by atoms with Crippen LogP contribution in [0.5, 0.6) is 0 Å². The third-order valence-electron chi connectivity index (χ3n) is 5.36. The molecule has 0 aromatic heterocycles. The van der Waals surface area contributed by atoms with Gasteiger partial charge in [0.2, 0.25) is 20.0 Å². The average molecular weight is 485 g/mol. The first-order chi connectivity index (χ1) is 13.3. The van der Waals surface area contributed by atoms with Gasteiger partial charge in [-0.15, -0.1) is 0 Å². The van der Waals surface area contributed by atoms with Crippen LogP contribution in [0.15, 0.2) is 56.7 Å². The molecule has 9 heteroatoms. The Bertz CT molecular complexity index is 1110. The Kier molecular flexibility index (Phi) is 5.39. The number of piperazine rings is 1. The number of aryl methyl sites for hydroxylation is 2. The summed E-state index contributed by atoms with van der Waals surface area (Å²) in [5, 5.41) is 0. The largest absolute Gasteiger partial charge is 0.244 e. The number of rotatable bonds is 4. The molecule has 0 atom stereocenters. The lowest BCUT2D eigenvalue weighted by molar-refractivity contribution is 0.272. The van der Waals surface area contributed by atoms with E-state index in [1.54, 1.807) is 36.4 Å². The van der Waals surface area contributed by atoms with Gasteiger partial charge in [0, 0.05) is 30.7 Å². The number of benzene rings is 2. The maximum Gasteiger partial charge on any atom is 0.244 e. The molecule has 0 N–H and O–H groups in total. The van der Waals surface area contributed by atoms with Crippen molar-refractivity contribution in [3.63, 3.8) is 0 Å². The monoisotopic (exact) mass is 484 g/mol. The van der Waals surface area contributed by atoms with Crippen LogP contribution in [0, 0.1) is 0 Å². The maximum absolute atomic E-state index is 13.0. The minimum atomic E-state index is -3.67. The first-order valence-corrected chi connectivity index (χ1v) is 12.8. The molecule has 0 bridgehead atoms. The third-order valence-corrected chi connectivity index (χ3v) is 10.2. The van der Waals surface area contributed by atoms with Crippen molar-refractivity contribution in [3.8, 4) is 0 Å². The molecule has 0 amide bonds. The molecule has 1 saturated heterocycles. The van der Waals surface area contributed by atoms with Gasteiger partial charge in [-0.25, -0.2) is 16.8 Å². The normalized spacial score (nSPS) is 18.9. The molecule has 1 fully saturated rings. The minimum absolute atomic E-state index is 0.133. The number of sulfonamides is 2. The van der Waals surface area contributed by atoms with E-state index in [2.05, 4.69) is 15.9 Å². The van der Waals surface area contributed by atoms with E-state index in [1.165, 1.54) is 14.2 Å². The lowest BCUT2D eigenvalue weighted by Gasteiger charge is -2.33. The van der Waals surface area contributed by atoms with Crippen molar-refractivity contribution in [2.75, 3.05) is 26.2 Å². The standard InChI is InChI=1S/C19H21BrN2O4S2/c20-18-6-1-2-7-19(18)28(25,26)22-12-10-21(11-13-22)27(23,24)17-9-8-15-4-3-5-16(15)14-17/h1-2,6-9,14H,3-5,10-13H2. The lowest BCUT2D eigenvalue weighted by Crippen LogP contribution is -2.50. The SMILES string of the molecule is O=S(=O)(c1ccc2c(c1)CCC2)N1CCN(S(=O)(=O)c2ccccc2Br)CC1. The molecule has 6 nitrogen and oxygen atoms in total. The predicted molar refractivity (Wildman–Crippen MR) is 110 cm³/mol. The van der Waals surface area contributed by atoms with Crippen molar-refractivity contribution in [2.24, 2.45) is 0 Å². The van der Waals surface area contributed by atoms with Crippen LogP contribution < -0.4 is 0 Å². The molecule has 28 heavy (non-hydrogen) atoms. The van der Waals surface area contributed by atoms with E-state index in [1.807, 2.05) is 6.07 Å². The Morgan fingerprint density at radius 3 is 2.04 bits per heavy atom. The molecule has 0 spiro atoms. The van der Waals surface area contributed by atoms with Crippen LogP contribution in [0.4, 0.5) is 0 Å². The molecular formula is C19H21BrN2O4S2. The molecule has 0 saturated carbocycles. The van der Waals surface area contributed by atoms with Crippen molar-refractivity contribution < 1.29 is 16.8 Å². The van der Waals surface area contributed by atoms with Gasteiger partial charge in [0.15, 0.2) is 0 Å². The van der Waals surface area contributed by atoms with E-state index in [9.17, 15) is 16.8 Å². The summed E-state index contributed by atoms with van der Waals surface area (Å²) in [6.45, 7) is 0.549. The summed E-state index contributed by atoms with van der Waals surface area (Å²) < 4.78 is 55.1. The molecule has 0 radical (unpaired) electrons. The fraction of sp³-hybridized carbons (Fsp3) is 0.368. The highest BCUT2D eigenvalue weighted by Crippen LogP contribution is 2.28. The zero-order valence-electron chi connectivity index (χ0n) is 15.2. The second-order valence-electron chi connectivity index (χ2n) is 7.02. The van der Waals surface area contributed by atoms with Crippen LogP contribution in [-0.2, 0) is 32.9 Å². The van der Waals surface area contributed by atoms with Crippen LogP contribution in [0.25, 0.3) is 0 Å². The Balaban J connectivity index is 1.52. The van der Waals surface area contributed by atoms with Gasteiger partial charge in [-0.1, -0.05) is 18.2 Å². The Morgan fingerprint density at radius 1 is 0.750 bits per heavy atom. The number of fused-ring (bicyclic) bond motifs is 1. The fourth-order valence-corrected chi connectivity index (χ4v) is 7.66. The molecule has 0 unspecified atom stereocenters. The molecular weight excluding hydrogens is 464 g/mol. The molecule has 2 aromatic rings. The zero-order chi connectivity index (χ0) is 19.9. The van der Waals surface area contributed by atoms with E-state index >= 15 is 0 Å². The lowest BCUT2D eigenvalue weighted by atomic mass is 10.1. The van der Waals surface area contributed by atoms with Gasteiger partial charge in [-0.2, -0.15) is 8.61 Å². The summed E-state index contributed by atoms with van der Waals surface area (Å²) in [4.78, 5) is 0.500. The van der Waals surface area contributed by atoms with E-state index in [0.717, 1.165) is 24.8 Å². The van der Waals surface area contributed by atoms with Gasteiger partial charge in [0.25, 0.3) is 0 Å². The highest BCUT2D eigenvalue weighted by Gasteiger charge is 2.34. The number of hydrogen-bond donors (Lipinski definition) is 0. The summed E-state index contributed by atoms with van der Waals surface area (Å²) in [6.07, 6.45) is 2.97. The Hall–Kier alpha value is -1.26. The minimum Gasteiger partial charge on any atom is -0.207 e. The summed E-state index contributed by atoms with van der Waals surface area (Å²) in [7, 11) is -7.29. The molecule has 2 aromatic carbocycles. The summed E-state index contributed by atoms with van der Waals surface area (Å²) in [5.41, 5.74) is 2.33. The molecule has 2 aliphatic rings. The average Bonchev–Trinajstić information content (AvgIpc) is 3.16. The van der Waals surface area contributed by atoms with Crippen molar-refractivity contribution in [2.45, 2.75) is 29.1 Å². The third kappa shape index (κ3) is 3.54. The van der Waals surface area contributed by atoms with E-state index in [4.69, 9.17) is 0 Å². The van der Waals surface area contributed by atoms with Crippen molar-refractivity contribution in [1.29, 1.82) is 0 Å². The second kappa shape index (κ2) is 7.53. The summed E-state index contributed by atoms with van der Waals surface area (Å²) in [6, 6.07) is 12.0. The fourth-order valence-electron chi connectivity index (χ4n) is 3.80.